The summed E-state index contributed by atoms with van der Waals surface area (Å²) in [4.78, 5) is 0. The maximum absolute atomic E-state index is 9.99. The van der Waals surface area contributed by atoms with Crippen LogP contribution in [0.3, 0.4) is 0 Å². The Kier molecular flexibility index (Phi) is 4.25. The van der Waals surface area contributed by atoms with Crippen molar-refractivity contribution in [2.45, 2.75) is 51.3 Å². The Hall–Kier alpha value is -1.06. The summed E-state index contributed by atoms with van der Waals surface area (Å²) in [6.45, 7) is 4.08. The first-order chi connectivity index (χ1) is 8.61. The molecule has 0 bridgehead atoms. The normalized spacial score (nSPS) is 25.3. The van der Waals surface area contributed by atoms with Crippen LogP contribution in [0.1, 0.15) is 43.4 Å². The summed E-state index contributed by atoms with van der Waals surface area (Å²) < 4.78 is 5.48. The van der Waals surface area contributed by atoms with Crippen LogP contribution < -0.4 is 5.32 Å². The van der Waals surface area contributed by atoms with E-state index in [1.807, 2.05) is 25.1 Å². The molecule has 0 amide bonds. The third kappa shape index (κ3) is 2.85. The molecule has 0 radical (unpaired) electrons. The summed E-state index contributed by atoms with van der Waals surface area (Å²) in [5.41, 5.74) is 2.04. The van der Waals surface area contributed by atoms with Crippen LogP contribution in [0, 0.1) is 6.92 Å². The summed E-state index contributed by atoms with van der Waals surface area (Å²) in [5.74, 6) is 0.377. The first-order valence-electron chi connectivity index (χ1n) is 6.70. The van der Waals surface area contributed by atoms with Crippen molar-refractivity contribution in [1.29, 1.82) is 0 Å². The number of phenolic OH excluding ortho intramolecular Hbond substituents is 1. The first kappa shape index (κ1) is 13.4. The number of rotatable bonds is 4. The third-order valence-corrected chi connectivity index (χ3v) is 3.87. The molecule has 100 valence electrons. The lowest BCUT2D eigenvalue weighted by molar-refractivity contribution is 0.0818. The van der Waals surface area contributed by atoms with Gasteiger partial charge < -0.3 is 15.2 Å². The van der Waals surface area contributed by atoms with Gasteiger partial charge in [0.15, 0.2) is 0 Å². The molecule has 0 aliphatic heterocycles. The van der Waals surface area contributed by atoms with Gasteiger partial charge in [-0.3, -0.25) is 0 Å². The van der Waals surface area contributed by atoms with Crippen molar-refractivity contribution in [1.82, 2.24) is 5.32 Å². The Labute approximate surface area is 109 Å². The van der Waals surface area contributed by atoms with E-state index >= 15 is 0 Å². The number of hydrogen-bond donors (Lipinski definition) is 2. The summed E-state index contributed by atoms with van der Waals surface area (Å²) in [6, 6.07) is 6.39. The molecule has 1 aromatic carbocycles. The molecule has 0 spiro atoms. The molecular weight excluding hydrogens is 226 g/mol. The second kappa shape index (κ2) is 5.72. The lowest BCUT2D eigenvalue weighted by atomic mass is 10.0. The Morgan fingerprint density at radius 3 is 2.83 bits per heavy atom. The first-order valence-corrected chi connectivity index (χ1v) is 6.70. The second-order valence-corrected chi connectivity index (χ2v) is 5.26. The average molecular weight is 249 g/mol. The topological polar surface area (TPSA) is 41.5 Å². The number of ether oxygens (including phenoxy) is 1. The van der Waals surface area contributed by atoms with Crippen LogP contribution in [-0.2, 0) is 4.74 Å². The van der Waals surface area contributed by atoms with Crippen molar-refractivity contribution in [2.75, 3.05) is 7.11 Å². The zero-order valence-corrected chi connectivity index (χ0v) is 11.4. The molecule has 2 rings (SSSR count). The minimum atomic E-state index is 0.145. The van der Waals surface area contributed by atoms with E-state index in [0.29, 0.717) is 17.9 Å². The molecule has 2 N–H and O–H groups in total. The third-order valence-electron chi connectivity index (χ3n) is 3.87. The quantitative estimate of drug-likeness (QED) is 0.862. The van der Waals surface area contributed by atoms with Gasteiger partial charge in [0.2, 0.25) is 0 Å². The van der Waals surface area contributed by atoms with Crippen LogP contribution in [0.4, 0.5) is 0 Å². The van der Waals surface area contributed by atoms with Crippen molar-refractivity contribution in [3.05, 3.63) is 29.3 Å². The lowest BCUT2D eigenvalue weighted by Gasteiger charge is -2.25. The van der Waals surface area contributed by atoms with Gasteiger partial charge in [0.05, 0.1) is 6.10 Å². The molecule has 0 aromatic heterocycles. The number of methoxy groups -OCH3 is 1. The summed E-state index contributed by atoms with van der Waals surface area (Å²) in [6.07, 6.45) is 3.79. The highest BCUT2D eigenvalue weighted by molar-refractivity contribution is 5.37. The van der Waals surface area contributed by atoms with Gasteiger partial charge in [-0.15, -0.1) is 0 Å². The summed E-state index contributed by atoms with van der Waals surface area (Å²) in [5, 5.41) is 13.6. The Balaban J connectivity index is 2.05. The molecule has 18 heavy (non-hydrogen) atoms. The number of nitrogens with one attached hydrogen (secondary N) is 1. The SMILES string of the molecule is COC1CCCC1NC(C)c1ccc(C)cc1O. The minimum Gasteiger partial charge on any atom is -0.508 e. The largest absolute Gasteiger partial charge is 0.508 e. The predicted octanol–water partition coefficient (Wildman–Crippen LogP) is 2.92. The second-order valence-electron chi connectivity index (χ2n) is 5.26. The van der Waals surface area contributed by atoms with E-state index in [4.69, 9.17) is 4.74 Å². The van der Waals surface area contributed by atoms with Gasteiger partial charge in [-0.25, -0.2) is 0 Å². The van der Waals surface area contributed by atoms with Crippen LogP contribution in [-0.4, -0.2) is 24.4 Å². The van der Waals surface area contributed by atoms with Gasteiger partial charge in [0.1, 0.15) is 5.75 Å². The van der Waals surface area contributed by atoms with Crippen molar-refractivity contribution < 1.29 is 9.84 Å². The highest BCUT2D eigenvalue weighted by Crippen LogP contribution is 2.28. The molecule has 1 fully saturated rings. The number of aromatic hydroxyl groups is 1. The molecule has 1 aromatic rings. The number of aryl methyl sites for hydroxylation is 1. The molecule has 3 heteroatoms. The van der Waals surface area contributed by atoms with Crippen LogP contribution in [0.2, 0.25) is 0 Å². The molecule has 3 atom stereocenters. The summed E-state index contributed by atoms with van der Waals surface area (Å²) >= 11 is 0. The molecule has 3 unspecified atom stereocenters. The van der Waals surface area contributed by atoms with Crippen LogP contribution in [0.15, 0.2) is 18.2 Å². The van der Waals surface area contributed by atoms with Gasteiger partial charge in [-0.05, 0) is 44.7 Å². The van der Waals surface area contributed by atoms with Gasteiger partial charge in [-0.2, -0.15) is 0 Å². The zero-order valence-electron chi connectivity index (χ0n) is 11.4. The fourth-order valence-corrected chi connectivity index (χ4v) is 2.83. The van der Waals surface area contributed by atoms with E-state index in [1.165, 1.54) is 6.42 Å². The molecular formula is C15H23NO2. The maximum Gasteiger partial charge on any atom is 0.120 e. The average Bonchev–Trinajstić information content (AvgIpc) is 2.76. The molecule has 1 aliphatic rings. The monoisotopic (exact) mass is 249 g/mol. The lowest BCUT2D eigenvalue weighted by Crippen LogP contribution is -2.38. The number of phenols is 1. The van der Waals surface area contributed by atoms with Crippen molar-refractivity contribution >= 4 is 0 Å². The fourth-order valence-electron chi connectivity index (χ4n) is 2.83. The van der Waals surface area contributed by atoms with E-state index in [1.54, 1.807) is 7.11 Å². The van der Waals surface area contributed by atoms with Gasteiger partial charge in [-0.1, -0.05) is 12.1 Å². The van der Waals surface area contributed by atoms with Crippen LogP contribution >= 0.6 is 0 Å². The van der Waals surface area contributed by atoms with E-state index in [-0.39, 0.29) is 6.04 Å². The molecule has 0 heterocycles. The minimum absolute atomic E-state index is 0.145. The molecule has 0 saturated heterocycles. The van der Waals surface area contributed by atoms with E-state index in [2.05, 4.69) is 12.2 Å². The van der Waals surface area contributed by atoms with Gasteiger partial charge >= 0.3 is 0 Å². The van der Waals surface area contributed by atoms with Crippen molar-refractivity contribution in [3.8, 4) is 5.75 Å². The fraction of sp³-hybridized carbons (Fsp3) is 0.600. The van der Waals surface area contributed by atoms with E-state index < -0.39 is 0 Å². The predicted molar refractivity (Wildman–Crippen MR) is 72.8 cm³/mol. The molecule has 1 aliphatic carbocycles. The van der Waals surface area contributed by atoms with Crippen molar-refractivity contribution in [3.63, 3.8) is 0 Å². The number of hydrogen-bond acceptors (Lipinski definition) is 3. The highest BCUT2D eigenvalue weighted by Gasteiger charge is 2.28. The summed E-state index contributed by atoms with van der Waals surface area (Å²) in [7, 11) is 1.78. The van der Waals surface area contributed by atoms with E-state index in [0.717, 1.165) is 24.0 Å². The van der Waals surface area contributed by atoms with Crippen molar-refractivity contribution in [2.24, 2.45) is 0 Å². The smallest absolute Gasteiger partial charge is 0.120 e. The maximum atomic E-state index is 9.99. The Morgan fingerprint density at radius 2 is 2.17 bits per heavy atom. The van der Waals surface area contributed by atoms with Crippen LogP contribution in [0.5, 0.6) is 5.75 Å². The molecule has 1 saturated carbocycles. The van der Waals surface area contributed by atoms with Gasteiger partial charge in [0, 0.05) is 24.8 Å². The highest BCUT2D eigenvalue weighted by atomic mass is 16.5. The number of benzene rings is 1. The Morgan fingerprint density at radius 1 is 1.39 bits per heavy atom. The van der Waals surface area contributed by atoms with Crippen LogP contribution in [0.25, 0.3) is 0 Å². The van der Waals surface area contributed by atoms with E-state index in [9.17, 15) is 5.11 Å². The zero-order chi connectivity index (χ0) is 13.1. The molecule has 3 nitrogen and oxygen atoms in total. The van der Waals surface area contributed by atoms with Gasteiger partial charge in [0.25, 0.3) is 0 Å². The Bertz CT molecular complexity index is 405. The standard InChI is InChI=1S/C15H23NO2/c1-10-7-8-12(14(17)9-10)11(2)16-13-5-4-6-15(13)18-3/h7-9,11,13,15-17H,4-6H2,1-3H3.